The Bertz CT molecular complexity index is 847. The number of aromatic nitrogens is 2. The Kier molecular flexibility index (Phi) is 4.05. The van der Waals surface area contributed by atoms with E-state index in [1.165, 1.54) is 0 Å². The Hall–Kier alpha value is -1.31. The van der Waals surface area contributed by atoms with Crippen molar-refractivity contribution in [2.45, 2.75) is 13.0 Å². The van der Waals surface area contributed by atoms with Crippen LogP contribution in [-0.2, 0) is 26.0 Å². The number of halogens is 2. The lowest BCUT2D eigenvalue weighted by Gasteiger charge is -2.06. The highest BCUT2D eigenvalue weighted by Crippen LogP contribution is 2.23. The molecule has 0 spiro atoms. The summed E-state index contributed by atoms with van der Waals surface area (Å²) in [7, 11) is -3.11. The fourth-order valence-electron chi connectivity index (χ4n) is 2.39. The second-order valence-electron chi connectivity index (χ2n) is 5.18. The molecule has 6 nitrogen and oxygen atoms in total. The third-order valence-corrected chi connectivity index (χ3v) is 5.70. The first kappa shape index (κ1) is 15.6. The minimum atomic E-state index is -3.11. The third-order valence-electron chi connectivity index (χ3n) is 3.45. The number of sulfone groups is 1. The summed E-state index contributed by atoms with van der Waals surface area (Å²) in [6.07, 6.45) is 3.62. The molecule has 1 aliphatic heterocycles. The van der Waals surface area contributed by atoms with Gasteiger partial charge in [-0.1, -0.05) is 23.2 Å². The Labute approximate surface area is 136 Å². The minimum absolute atomic E-state index is 0.0367. The number of carbonyl (C=O) groups excluding carboxylic acids is 1. The molecule has 0 bridgehead atoms. The smallest absolute Gasteiger partial charge is 0.310 e. The Balaban J connectivity index is 1.69. The van der Waals surface area contributed by atoms with Crippen molar-refractivity contribution in [2.24, 2.45) is 5.92 Å². The summed E-state index contributed by atoms with van der Waals surface area (Å²) in [4.78, 5) is 16.1. The molecule has 0 saturated carbocycles. The normalized spacial score (nSPS) is 20.4. The lowest BCUT2D eigenvalue weighted by molar-refractivity contribution is -0.149. The van der Waals surface area contributed by atoms with Crippen LogP contribution in [0.5, 0.6) is 0 Å². The van der Waals surface area contributed by atoms with E-state index in [2.05, 4.69) is 4.98 Å². The van der Waals surface area contributed by atoms with Crippen molar-refractivity contribution in [2.75, 3.05) is 11.5 Å². The number of hydrogen-bond donors (Lipinski definition) is 0. The summed E-state index contributed by atoms with van der Waals surface area (Å²) < 4.78 is 29.5. The van der Waals surface area contributed by atoms with Gasteiger partial charge in [-0.3, -0.25) is 4.79 Å². The first-order chi connectivity index (χ1) is 10.3. The van der Waals surface area contributed by atoms with Gasteiger partial charge in [0.1, 0.15) is 6.61 Å². The Morgan fingerprint density at radius 3 is 2.86 bits per heavy atom. The van der Waals surface area contributed by atoms with Crippen molar-refractivity contribution in [1.82, 2.24) is 9.38 Å². The number of pyridine rings is 1. The quantitative estimate of drug-likeness (QED) is 0.781. The molecule has 0 N–H and O–H groups in total. The molecular formula is C13H12Cl2N2O4S. The molecule has 1 atom stereocenters. The molecular weight excluding hydrogens is 351 g/mol. The van der Waals surface area contributed by atoms with Gasteiger partial charge in [0.25, 0.3) is 0 Å². The van der Waals surface area contributed by atoms with Gasteiger partial charge in [-0.05, 0) is 12.5 Å². The highest BCUT2D eigenvalue weighted by atomic mass is 35.5. The summed E-state index contributed by atoms with van der Waals surface area (Å²) in [5.41, 5.74) is 1.03. The lowest BCUT2D eigenvalue weighted by atomic mass is 10.1. The third kappa shape index (κ3) is 3.21. The second-order valence-corrected chi connectivity index (χ2v) is 8.25. The monoisotopic (exact) mass is 362 g/mol. The van der Waals surface area contributed by atoms with E-state index in [9.17, 15) is 13.2 Å². The number of rotatable bonds is 3. The molecule has 0 radical (unpaired) electrons. The molecule has 1 unspecified atom stereocenters. The number of carbonyl (C=O) groups is 1. The standard InChI is InChI=1S/C13H12Cl2N2O4S/c14-9-3-11(15)12-16-10(5-17(12)4-9)6-21-13(18)8-1-2-22(19,20)7-8/h3-5,8H,1-2,6-7H2. The number of imidazole rings is 1. The van der Waals surface area contributed by atoms with Crippen LogP contribution < -0.4 is 0 Å². The molecule has 118 valence electrons. The average Bonchev–Trinajstić information content (AvgIpc) is 2.99. The topological polar surface area (TPSA) is 77.7 Å². The van der Waals surface area contributed by atoms with Gasteiger partial charge < -0.3 is 9.14 Å². The molecule has 1 aliphatic rings. The van der Waals surface area contributed by atoms with E-state index in [-0.39, 0.29) is 18.1 Å². The number of esters is 1. The van der Waals surface area contributed by atoms with Gasteiger partial charge in [0.2, 0.25) is 0 Å². The maximum Gasteiger partial charge on any atom is 0.310 e. The van der Waals surface area contributed by atoms with Crippen molar-refractivity contribution in [3.05, 3.63) is 34.2 Å². The fraction of sp³-hybridized carbons (Fsp3) is 0.385. The number of fused-ring (bicyclic) bond motifs is 1. The maximum atomic E-state index is 11.9. The van der Waals surface area contributed by atoms with Crippen molar-refractivity contribution in [3.8, 4) is 0 Å². The highest BCUT2D eigenvalue weighted by molar-refractivity contribution is 7.91. The summed E-state index contributed by atoms with van der Waals surface area (Å²) in [5, 5.41) is 0.863. The zero-order chi connectivity index (χ0) is 15.9. The first-order valence-electron chi connectivity index (χ1n) is 6.54. The maximum absolute atomic E-state index is 11.9. The zero-order valence-corrected chi connectivity index (χ0v) is 13.7. The molecule has 9 heteroatoms. The molecule has 22 heavy (non-hydrogen) atoms. The van der Waals surface area contributed by atoms with E-state index in [1.54, 1.807) is 22.9 Å². The van der Waals surface area contributed by atoms with Crippen LogP contribution in [0.25, 0.3) is 5.65 Å². The molecule has 3 heterocycles. The van der Waals surface area contributed by atoms with Crippen LogP contribution in [0.2, 0.25) is 10.0 Å². The molecule has 2 aromatic rings. The van der Waals surface area contributed by atoms with E-state index >= 15 is 0 Å². The van der Waals surface area contributed by atoms with Gasteiger partial charge in [0, 0.05) is 12.4 Å². The average molecular weight is 363 g/mol. The van der Waals surface area contributed by atoms with Gasteiger partial charge in [-0.15, -0.1) is 0 Å². The number of nitrogens with zero attached hydrogens (tertiary/aromatic N) is 2. The molecule has 0 aromatic carbocycles. The molecule has 2 aromatic heterocycles. The predicted octanol–water partition coefficient (Wildman–Crippen LogP) is 2.12. The van der Waals surface area contributed by atoms with Gasteiger partial charge >= 0.3 is 5.97 Å². The molecule has 1 saturated heterocycles. The Morgan fingerprint density at radius 2 is 2.18 bits per heavy atom. The van der Waals surface area contributed by atoms with Gasteiger partial charge in [-0.2, -0.15) is 0 Å². The summed E-state index contributed by atoms with van der Waals surface area (Å²) in [5.74, 6) is -1.20. The van der Waals surface area contributed by atoms with E-state index in [1.807, 2.05) is 0 Å². The van der Waals surface area contributed by atoms with E-state index in [0.29, 0.717) is 27.8 Å². The first-order valence-corrected chi connectivity index (χ1v) is 9.11. The fourth-order valence-corrected chi connectivity index (χ4v) is 4.64. The summed E-state index contributed by atoms with van der Waals surface area (Å²) in [6.45, 7) is -0.0367. The SMILES string of the molecule is O=C(OCc1cn2cc(Cl)cc(Cl)c2n1)C1CCS(=O)(=O)C1. The second kappa shape index (κ2) is 5.72. The van der Waals surface area contributed by atoms with Crippen molar-refractivity contribution >= 4 is 44.7 Å². The van der Waals surface area contributed by atoms with Crippen LogP contribution in [-0.4, -0.2) is 35.3 Å². The van der Waals surface area contributed by atoms with Gasteiger partial charge in [0.05, 0.1) is 33.2 Å². The van der Waals surface area contributed by atoms with Gasteiger partial charge in [-0.25, -0.2) is 13.4 Å². The zero-order valence-electron chi connectivity index (χ0n) is 11.3. The van der Waals surface area contributed by atoms with Crippen molar-refractivity contribution < 1.29 is 17.9 Å². The Morgan fingerprint density at radius 1 is 1.41 bits per heavy atom. The van der Waals surface area contributed by atoms with Crippen molar-refractivity contribution in [3.63, 3.8) is 0 Å². The van der Waals surface area contributed by atoms with Crippen LogP contribution in [0.1, 0.15) is 12.1 Å². The van der Waals surface area contributed by atoms with E-state index < -0.39 is 21.7 Å². The number of hydrogen-bond acceptors (Lipinski definition) is 5. The van der Waals surface area contributed by atoms with Crippen molar-refractivity contribution in [1.29, 1.82) is 0 Å². The molecule has 0 aliphatic carbocycles. The van der Waals surface area contributed by atoms with Crippen LogP contribution >= 0.6 is 23.2 Å². The molecule has 3 rings (SSSR count). The van der Waals surface area contributed by atoms with Crippen LogP contribution in [0, 0.1) is 5.92 Å². The van der Waals surface area contributed by atoms with Gasteiger partial charge in [0.15, 0.2) is 15.5 Å². The van der Waals surface area contributed by atoms with Crippen LogP contribution in [0.15, 0.2) is 18.5 Å². The predicted molar refractivity (Wildman–Crippen MR) is 81.8 cm³/mol. The number of ether oxygens (including phenoxy) is 1. The highest BCUT2D eigenvalue weighted by Gasteiger charge is 2.34. The summed E-state index contributed by atoms with van der Waals surface area (Å²) >= 11 is 11.9. The lowest BCUT2D eigenvalue weighted by Crippen LogP contribution is -2.18. The van der Waals surface area contributed by atoms with E-state index in [0.717, 1.165) is 0 Å². The summed E-state index contributed by atoms with van der Waals surface area (Å²) in [6, 6.07) is 1.57. The molecule has 0 amide bonds. The largest absolute Gasteiger partial charge is 0.459 e. The van der Waals surface area contributed by atoms with E-state index in [4.69, 9.17) is 27.9 Å². The van der Waals surface area contributed by atoms with Crippen LogP contribution in [0.3, 0.4) is 0 Å². The molecule has 1 fully saturated rings. The minimum Gasteiger partial charge on any atom is -0.459 e. The van der Waals surface area contributed by atoms with Crippen LogP contribution in [0.4, 0.5) is 0 Å².